The molecule has 1 saturated carbocycles. The Morgan fingerprint density at radius 2 is 2.11 bits per heavy atom. The van der Waals surface area contributed by atoms with E-state index in [2.05, 4.69) is 18.9 Å². The van der Waals surface area contributed by atoms with Crippen molar-refractivity contribution in [3.63, 3.8) is 0 Å². The zero-order valence-electron chi connectivity index (χ0n) is 6.30. The van der Waals surface area contributed by atoms with E-state index in [0.29, 0.717) is 0 Å². The van der Waals surface area contributed by atoms with Gasteiger partial charge in [-0.15, -0.1) is 0 Å². The fourth-order valence-electron chi connectivity index (χ4n) is 2.46. The molecule has 2 bridgehead atoms. The van der Waals surface area contributed by atoms with Crippen LogP contribution in [0.15, 0.2) is 0 Å². The fraction of sp³-hybridized carbons (Fsp3) is 1.00. The van der Waals surface area contributed by atoms with Crippen LogP contribution in [0.3, 0.4) is 0 Å². The molecule has 9 heavy (non-hydrogen) atoms. The Labute approximate surface area is 57.0 Å². The van der Waals surface area contributed by atoms with Crippen LogP contribution in [0.2, 0.25) is 0 Å². The molecule has 0 amide bonds. The van der Waals surface area contributed by atoms with Crippen LogP contribution in [-0.4, -0.2) is 24.0 Å². The first-order valence-electron chi connectivity index (χ1n) is 4.01. The third kappa shape index (κ3) is 0.644. The van der Waals surface area contributed by atoms with Gasteiger partial charge in [-0.05, 0) is 39.2 Å². The summed E-state index contributed by atoms with van der Waals surface area (Å²) in [6.45, 7) is 2.36. The molecule has 1 heterocycles. The van der Waals surface area contributed by atoms with Crippen LogP contribution in [0, 0.1) is 5.92 Å². The van der Waals surface area contributed by atoms with E-state index in [-0.39, 0.29) is 0 Å². The molecule has 1 nitrogen and oxygen atoms in total. The van der Waals surface area contributed by atoms with E-state index < -0.39 is 0 Å². The molecular formula is C8H15N. The highest BCUT2D eigenvalue weighted by Crippen LogP contribution is 2.40. The van der Waals surface area contributed by atoms with E-state index in [1.807, 2.05) is 0 Å². The van der Waals surface area contributed by atoms with Crippen molar-refractivity contribution in [3.05, 3.63) is 0 Å². The first-order valence-corrected chi connectivity index (χ1v) is 4.01. The van der Waals surface area contributed by atoms with Gasteiger partial charge >= 0.3 is 0 Å². The van der Waals surface area contributed by atoms with Crippen molar-refractivity contribution in [3.8, 4) is 0 Å². The Balaban J connectivity index is 2.15. The third-order valence-corrected chi connectivity index (χ3v) is 3.35. The van der Waals surface area contributed by atoms with E-state index in [4.69, 9.17) is 0 Å². The summed E-state index contributed by atoms with van der Waals surface area (Å²) in [4.78, 5) is 2.55. The van der Waals surface area contributed by atoms with Crippen LogP contribution in [0.5, 0.6) is 0 Å². The molecule has 3 atom stereocenters. The lowest BCUT2D eigenvalue weighted by atomic mass is 10.0. The highest BCUT2D eigenvalue weighted by atomic mass is 15.2. The molecule has 2 fully saturated rings. The normalized spacial score (nSPS) is 50.7. The molecule has 1 saturated heterocycles. The van der Waals surface area contributed by atoms with Gasteiger partial charge in [0, 0.05) is 12.1 Å². The lowest BCUT2D eigenvalue weighted by Crippen LogP contribution is -2.35. The van der Waals surface area contributed by atoms with Gasteiger partial charge in [0.05, 0.1) is 0 Å². The smallest absolute Gasteiger partial charge is 0.00984 e. The summed E-state index contributed by atoms with van der Waals surface area (Å²) < 4.78 is 0. The molecule has 0 aromatic heterocycles. The molecule has 0 aromatic rings. The number of fused-ring (bicyclic) bond motifs is 2. The summed E-state index contributed by atoms with van der Waals surface area (Å²) in [7, 11) is 2.27. The zero-order valence-corrected chi connectivity index (χ0v) is 6.30. The molecule has 2 aliphatic rings. The van der Waals surface area contributed by atoms with E-state index in [9.17, 15) is 0 Å². The molecule has 52 valence electrons. The number of nitrogens with zero attached hydrogens (tertiary/aromatic N) is 1. The van der Waals surface area contributed by atoms with Gasteiger partial charge in [0.2, 0.25) is 0 Å². The Kier molecular flexibility index (Phi) is 1.10. The first-order chi connectivity index (χ1) is 4.29. The van der Waals surface area contributed by atoms with Crippen LogP contribution in [0.25, 0.3) is 0 Å². The number of piperidine rings is 1. The van der Waals surface area contributed by atoms with Crippen molar-refractivity contribution < 1.29 is 0 Å². The van der Waals surface area contributed by atoms with Crippen LogP contribution in [0.4, 0.5) is 0 Å². The Morgan fingerprint density at radius 1 is 1.33 bits per heavy atom. The minimum atomic E-state index is 0.878. The summed E-state index contributed by atoms with van der Waals surface area (Å²) >= 11 is 0. The monoisotopic (exact) mass is 125 g/mol. The maximum Gasteiger partial charge on any atom is 0.00984 e. The quantitative estimate of drug-likeness (QED) is 0.474. The van der Waals surface area contributed by atoms with Crippen molar-refractivity contribution in [2.45, 2.75) is 38.3 Å². The van der Waals surface area contributed by atoms with Crippen LogP contribution < -0.4 is 0 Å². The number of likely N-dealkylation sites (tertiary alicyclic amines) is 1. The maximum atomic E-state index is 2.55. The molecule has 2 unspecified atom stereocenters. The summed E-state index contributed by atoms with van der Waals surface area (Å²) in [6, 6.07) is 1.83. The maximum absolute atomic E-state index is 2.55. The van der Waals surface area contributed by atoms with Crippen molar-refractivity contribution in [2.75, 3.05) is 7.05 Å². The molecule has 0 radical (unpaired) electrons. The second-order valence-electron chi connectivity index (χ2n) is 3.63. The Hall–Kier alpha value is -0.0400. The Morgan fingerprint density at radius 3 is 2.44 bits per heavy atom. The van der Waals surface area contributed by atoms with Crippen LogP contribution in [0.1, 0.15) is 26.2 Å². The van der Waals surface area contributed by atoms with Crippen molar-refractivity contribution in [1.29, 1.82) is 0 Å². The second kappa shape index (κ2) is 1.72. The average Bonchev–Trinajstić information content (AvgIpc) is 2.37. The van der Waals surface area contributed by atoms with Crippen molar-refractivity contribution in [2.24, 2.45) is 5.92 Å². The highest BCUT2D eigenvalue weighted by molar-refractivity contribution is 4.95. The minimum Gasteiger partial charge on any atom is -0.300 e. The van der Waals surface area contributed by atoms with Gasteiger partial charge in [0.25, 0.3) is 0 Å². The van der Waals surface area contributed by atoms with Crippen molar-refractivity contribution in [1.82, 2.24) is 4.90 Å². The molecule has 1 aliphatic heterocycles. The zero-order chi connectivity index (χ0) is 6.43. The predicted molar refractivity (Wildman–Crippen MR) is 38.4 cm³/mol. The summed E-state index contributed by atoms with van der Waals surface area (Å²) in [5, 5.41) is 0. The standard InChI is InChI=1S/C8H15N/c1-6-7-3-4-8(5-7)9(6)2/h6-8H,3-5H2,1-2H3/t6?,7-,8?/m0/s1. The number of hydrogen-bond donors (Lipinski definition) is 0. The largest absolute Gasteiger partial charge is 0.300 e. The van der Waals surface area contributed by atoms with Crippen molar-refractivity contribution >= 4 is 0 Å². The molecule has 1 aliphatic carbocycles. The second-order valence-corrected chi connectivity index (χ2v) is 3.63. The molecule has 0 aromatic carbocycles. The summed E-state index contributed by atoms with van der Waals surface area (Å²) in [6.07, 6.45) is 4.44. The van der Waals surface area contributed by atoms with Gasteiger partial charge in [-0.1, -0.05) is 0 Å². The van der Waals surface area contributed by atoms with E-state index in [1.54, 1.807) is 0 Å². The van der Waals surface area contributed by atoms with E-state index in [1.165, 1.54) is 19.3 Å². The number of hydrogen-bond acceptors (Lipinski definition) is 1. The SMILES string of the molecule is CC1[C@H]2CCC(C2)N1C. The lowest BCUT2D eigenvalue weighted by Gasteiger charge is -2.28. The molecule has 0 spiro atoms. The molecular weight excluding hydrogens is 110 g/mol. The molecule has 1 heteroatoms. The van der Waals surface area contributed by atoms with E-state index >= 15 is 0 Å². The average molecular weight is 125 g/mol. The predicted octanol–water partition coefficient (Wildman–Crippen LogP) is 1.49. The van der Waals surface area contributed by atoms with E-state index in [0.717, 1.165) is 18.0 Å². The number of rotatable bonds is 0. The highest BCUT2D eigenvalue weighted by Gasteiger charge is 2.40. The lowest BCUT2D eigenvalue weighted by molar-refractivity contribution is 0.190. The summed E-state index contributed by atoms with van der Waals surface area (Å²) in [5.74, 6) is 1.04. The first kappa shape index (κ1) is 5.72. The minimum absolute atomic E-state index is 0.878. The molecule has 0 N–H and O–H groups in total. The third-order valence-electron chi connectivity index (χ3n) is 3.35. The topological polar surface area (TPSA) is 3.24 Å². The van der Waals surface area contributed by atoms with Gasteiger partial charge in [0.1, 0.15) is 0 Å². The Bertz CT molecular complexity index is 104. The van der Waals surface area contributed by atoms with Gasteiger partial charge in [0.15, 0.2) is 0 Å². The van der Waals surface area contributed by atoms with Gasteiger partial charge in [-0.25, -0.2) is 0 Å². The van der Waals surface area contributed by atoms with Gasteiger partial charge in [-0.3, -0.25) is 0 Å². The van der Waals surface area contributed by atoms with Gasteiger partial charge < -0.3 is 4.90 Å². The van der Waals surface area contributed by atoms with Crippen LogP contribution >= 0.6 is 0 Å². The van der Waals surface area contributed by atoms with Gasteiger partial charge in [-0.2, -0.15) is 0 Å². The van der Waals surface area contributed by atoms with Crippen LogP contribution in [-0.2, 0) is 0 Å². The summed E-state index contributed by atoms with van der Waals surface area (Å²) in [5.41, 5.74) is 0. The fourth-order valence-corrected chi connectivity index (χ4v) is 2.46. The molecule has 2 rings (SSSR count).